The molecule has 2 N–H and O–H groups in total. The molecule has 1 fully saturated rings. The minimum atomic E-state index is -0.225. The van der Waals surface area contributed by atoms with Crippen LogP contribution in [0.3, 0.4) is 0 Å². The van der Waals surface area contributed by atoms with Crippen molar-refractivity contribution in [3.8, 4) is 5.75 Å². The van der Waals surface area contributed by atoms with Gasteiger partial charge in [0, 0.05) is 31.2 Å². The van der Waals surface area contributed by atoms with Gasteiger partial charge in [0.15, 0.2) is 0 Å². The van der Waals surface area contributed by atoms with Crippen molar-refractivity contribution in [3.05, 3.63) is 59.2 Å². The molecule has 6 nitrogen and oxygen atoms in total. The van der Waals surface area contributed by atoms with Gasteiger partial charge in [-0.1, -0.05) is 24.3 Å². The number of rotatable bonds is 5. The van der Waals surface area contributed by atoms with Crippen LogP contribution in [-0.2, 0) is 11.3 Å². The zero-order chi connectivity index (χ0) is 20.8. The largest absolute Gasteiger partial charge is 0.497 e. The Hall–Kier alpha value is -3.02. The second kappa shape index (κ2) is 9.45. The molecule has 154 valence electrons. The number of urea groups is 1. The van der Waals surface area contributed by atoms with Crippen LogP contribution < -0.4 is 15.4 Å². The van der Waals surface area contributed by atoms with Gasteiger partial charge in [-0.15, -0.1) is 0 Å². The van der Waals surface area contributed by atoms with Gasteiger partial charge >= 0.3 is 6.03 Å². The number of nitrogens with one attached hydrogen (secondary N) is 2. The highest BCUT2D eigenvalue weighted by atomic mass is 16.5. The van der Waals surface area contributed by atoms with Crippen molar-refractivity contribution < 1.29 is 14.3 Å². The van der Waals surface area contributed by atoms with Crippen molar-refractivity contribution in [3.63, 3.8) is 0 Å². The Kier molecular flexibility index (Phi) is 6.75. The Bertz CT molecular complexity index is 881. The van der Waals surface area contributed by atoms with Crippen molar-refractivity contribution in [1.29, 1.82) is 0 Å². The van der Waals surface area contributed by atoms with Crippen LogP contribution in [0.15, 0.2) is 42.5 Å². The van der Waals surface area contributed by atoms with Crippen molar-refractivity contribution in [1.82, 2.24) is 10.2 Å². The molecule has 1 aliphatic heterocycles. The summed E-state index contributed by atoms with van der Waals surface area (Å²) in [5, 5.41) is 5.96. The molecular weight excluding hydrogens is 366 g/mol. The van der Waals surface area contributed by atoms with E-state index in [-0.39, 0.29) is 18.0 Å². The number of amides is 3. The predicted molar refractivity (Wildman–Crippen MR) is 114 cm³/mol. The number of methoxy groups -OCH3 is 1. The molecule has 0 bridgehead atoms. The fraction of sp³-hybridized carbons (Fsp3) is 0.391. The summed E-state index contributed by atoms with van der Waals surface area (Å²) in [5.41, 5.74) is 4.04. The summed E-state index contributed by atoms with van der Waals surface area (Å²) >= 11 is 0. The molecule has 3 rings (SSSR count). The summed E-state index contributed by atoms with van der Waals surface area (Å²) in [6.45, 7) is 5.18. The van der Waals surface area contributed by atoms with E-state index < -0.39 is 0 Å². The summed E-state index contributed by atoms with van der Waals surface area (Å²) in [5.74, 6) is 0.902. The third kappa shape index (κ3) is 5.50. The third-order valence-corrected chi connectivity index (χ3v) is 5.50. The summed E-state index contributed by atoms with van der Waals surface area (Å²) in [7, 11) is 1.63. The number of nitrogens with zero attached hydrogens (tertiary/aromatic N) is 1. The summed E-state index contributed by atoms with van der Waals surface area (Å²) in [4.78, 5) is 26.9. The van der Waals surface area contributed by atoms with Gasteiger partial charge in [0.05, 0.1) is 7.11 Å². The lowest BCUT2D eigenvalue weighted by atomic mass is 10.1. The smallest absolute Gasteiger partial charge is 0.319 e. The van der Waals surface area contributed by atoms with Gasteiger partial charge in [-0.3, -0.25) is 4.79 Å². The molecule has 1 unspecified atom stereocenters. The van der Waals surface area contributed by atoms with Crippen LogP contribution in [0.4, 0.5) is 10.5 Å². The number of carbonyl (C=O) groups is 2. The van der Waals surface area contributed by atoms with Gasteiger partial charge in [-0.25, -0.2) is 4.79 Å². The topological polar surface area (TPSA) is 70.7 Å². The highest BCUT2D eigenvalue weighted by molar-refractivity contribution is 5.90. The van der Waals surface area contributed by atoms with Gasteiger partial charge in [0.1, 0.15) is 5.75 Å². The van der Waals surface area contributed by atoms with E-state index >= 15 is 0 Å². The highest BCUT2D eigenvalue weighted by Gasteiger charge is 2.24. The van der Waals surface area contributed by atoms with Gasteiger partial charge in [-0.2, -0.15) is 0 Å². The first kappa shape index (κ1) is 20.7. The molecule has 2 aromatic rings. The fourth-order valence-corrected chi connectivity index (χ4v) is 3.57. The summed E-state index contributed by atoms with van der Waals surface area (Å²) < 4.78 is 5.26. The lowest BCUT2D eigenvalue weighted by Crippen LogP contribution is -2.38. The molecule has 1 aliphatic rings. The lowest BCUT2D eigenvalue weighted by molar-refractivity contribution is -0.131. The van der Waals surface area contributed by atoms with Crippen molar-refractivity contribution in [2.75, 3.05) is 19.0 Å². The van der Waals surface area contributed by atoms with Crippen molar-refractivity contribution in [2.45, 2.75) is 45.7 Å². The molecule has 1 heterocycles. The zero-order valence-electron chi connectivity index (χ0n) is 17.3. The number of anilines is 1. The first-order valence-corrected chi connectivity index (χ1v) is 10.0. The zero-order valence-corrected chi connectivity index (χ0v) is 17.3. The number of likely N-dealkylation sites (tertiary alicyclic amines) is 1. The second-order valence-electron chi connectivity index (χ2n) is 7.54. The van der Waals surface area contributed by atoms with Crippen LogP contribution in [0, 0.1) is 13.8 Å². The molecule has 0 saturated carbocycles. The Labute approximate surface area is 172 Å². The van der Waals surface area contributed by atoms with Gasteiger partial charge in [-0.05, 0) is 61.6 Å². The molecule has 1 atom stereocenters. The van der Waals surface area contributed by atoms with E-state index in [1.165, 1.54) is 0 Å². The average molecular weight is 396 g/mol. The standard InChI is InChI=1S/C23H29N3O3/c1-16-6-4-9-21(17(16)2)25-23(28)24-19-10-11-22(27)26(13-12-19)15-18-7-5-8-20(14-18)29-3/h4-9,14,19H,10-13,15H2,1-3H3,(H2,24,25,28). The van der Waals surface area contributed by atoms with Gasteiger partial charge in [0.2, 0.25) is 5.91 Å². The van der Waals surface area contributed by atoms with E-state index in [1.54, 1.807) is 7.11 Å². The SMILES string of the molecule is COc1cccc(CN2CCC(NC(=O)Nc3cccc(C)c3C)CCC2=O)c1. The molecule has 0 radical (unpaired) electrons. The highest BCUT2D eigenvalue weighted by Crippen LogP contribution is 2.20. The van der Waals surface area contributed by atoms with Crippen LogP contribution in [0.2, 0.25) is 0 Å². The first-order chi connectivity index (χ1) is 14.0. The van der Waals surface area contributed by atoms with Crippen LogP contribution in [0.1, 0.15) is 36.0 Å². The normalized spacial score (nSPS) is 16.9. The predicted octanol–water partition coefficient (Wildman–Crippen LogP) is 4.01. The number of hydrogen-bond acceptors (Lipinski definition) is 3. The number of ether oxygens (including phenoxy) is 1. The maximum atomic E-state index is 12.5. The molecule has 0 aromatic heterocycles. The minimum Gasteiger partial charge on any atom is -0.497 e. The van der Waals surface area contributed by atoms with Crippen molar-refractivity contribution in [2.24, 2.45) is 0 Å². The number of aryl methyl sites for hydroxylation is 1. The maximum Gasteiger partial charge on any atom is 0.319 e. The monoisotopic (exact) mass is 395 g/mol. The summed E-state index contributed by atoms with van der Waals surface area (Å²) in [6, 6.07) is 13.4. The molecular formula is C23H29N3O3. The van der Waals surface area contributed by atoms with E-state index in [0.717, 1.165) is 34.5 Å². The number of hydrogen-bond donors (Lipinski definition) is 2. The van der Waals surface area contributed by atoms with Crippen LogP contribution >= 0.6 is 0 Å². The maximum absolute atomic E-state index is 12.5. The average Bonchev–Trinajstić information content (AvgIpc) is 2.88. The van der Waals surface area contributed by atoms with E-state index in [9.17, 15) is 9.59 Å². The fourth-order valence-electron chi connectivity index (χ4n) is 3.57. The first-order valence-electron chi connectivity index (χ1n) is 10.0. The van der Waals surface area contributed by atoms with E-state index in [0.29, 0.717) is 25.9 Å². The summed E-state index contributed by atoms with van der Waals surface area (Å²) in [6.07, 6.45) is 1.81. The molecule has 0 aliphatic carbocycles. The van der Waals surface area contributed by atoms with Crippen LogP contribution in [-0.4, -0.2) is 36.5 Å². The van der Waals surface area contributed by atoms with E-state index in [4.69, 9.17) is 4.74 Å². The Morgan fingerprint density at radius 3 is 2.76 bits per heavy atom. The van der Waals surface area contributed by atoms with Crippen molar-refractivity contribution >= 4 is 17.6 Å². The van der Waals surface area contributed by atoms with Gasteiger partial charge < -0.3 is 20.3 Å². The van der Waals surface area contributed by atoms with Gasteiger partial charge in [0.25, 0.3) is 0 Å². The molecule has 6 heteroatoms. The minimum absolute atomic E-state index is 0.0284. The number of benzene rings is 2. The Morgan fingerprint density at radius 1 is 1.17 bits per heavy atom. The lowest BCUT2D eigenvalue weighted by Gasteiger charge is -2.21. The molecule has 3 amide bonds. The molecule has 29 heavy (non-hydrogen) atoms. The van der Waals surface area contributed by atoms with E-state index in [2.05, 4.69) is 10.6 Å². The Balaban J connectivity index is 1.56. The molecule has 0 spiro atoms. The van der Waals surface area contributed by atoms with Crippen LogP contribution in [0.25, 0.3) is 0 Å². The third-order valence-electron chi connectivity index (χ3n) is 5.50. The molecule has 2 aromatic carbocycles. The number of carbonyl (C=O) groups excluding carboxylic acids is 2. The Morgan fingerprint density at radius 2 is 1.97 bits per heavy atom. The molecule has 1 saturated heterocycles. The second-order valence-corrected chi connectivity index (χ2v) is 7.54. The van der Waals surface area contributed by atoms with Crippen LogP contribution in [0.5, 0.6) is 5.75 Å². The van der Waals surface area contributed by atoms with E-state index in [1.807, 2.05) is 61.2 Å². The quantitative estimate of drug-likeness (QED) is 0.803.